The summed E-state index contributed by atoms with van der Waals surface area (Å²) in [6, 6.07) is 10.8. The SMILES string of the molecule is CC(=O)NC(C1OC[C@H](Cc2ccccc2)N1C)C(C)(C)C. The minimum Gasteiger partial charge on any atom is -0.359 e. The Morgan fingerprint density at radius 3 is 2.55 bits per heavy atom. The molecule has 3 atom stereocenters. The number of ether oxygens (including phenoxy) is 1. The average Bonchev–Trinajstić information content (AvgIpc) is 2.77. The standard InChI is InChI=1S/C18H28N2O2/c1-13(21)19-16(18(2,3)4)17-20(5)15(12-22-17)11-14-9-7-6-8-10-14/h6-10,15-17H,11-12H2,1-5H3,(H,19,21)/t15-,16?,17?/m0/s1. The summed E-state index contributed by atoms with van der Waals surface area (Å²) in [6.07, 6.45) is 0.878. The lowest BCUT2D eigenvalue weighted by Crippen LogP contribution is -2.55. The highest BCUT2D eigenvalue weighted by Gasteiger charge is 2.42. The third kappa shape index (κ3) is 4.08. The largest absolute Gasteiger partial charge is 0.359 e. The number of carbonyl (C=O) groups is 1. The third-order valence-corrected chi connectivity index (χ3v) is 4.33. The van der Waals surface area contributed by atoms with Gasteiger partial charge in [-0.1, -0.05) is 51.1 Å². The van der Waals surface area contributed by atoms with E-state index in [9.17, 15) is 4.79 Å². The lowest BCUT2D eigenvalue weighted by molar-refractivity contribution is -0.123. The Balaban J connectivity index is 2.08. The van der Waals surface area contributed by atoms with Crippen LogP contribution in [0.25, 0.3) is 0 Å². The van der Waals surface area contributed by atoms with Gasteiger partial charge < -0.3 is 10.1 Å². The van der Waals surface area contributed by atoms with Gasteiger partial charge in [0.25, 0.3) is 0 Å². The molecule has 1 aliphatic rings. The maximum atomic E-state index is 11.6. The second-order valence-corrected chi connectivity index (χ2v) is 7.28. The van der Waals surface area contributed by atoms with E-state index in [0.717, 1.165) is 6.42 Å². The van der Waals surface area contributed by atoms with Crippen LogP contribution in [0.15, 0.2) is 30.3 Å². The zero-order valence-corrected chi connectivity index (χ0v) is 14.3. The first kappa shape index (κ1) is 17.0. The van der Waals surface area contributed by atoms with Crippen molar-refractivity contribution in [3.63, 3.8) is 0 Å². The van der Waals surface area contributed by atoms with E-state index in [1.165, 1.54) is 5.56 Å². The quantitative estimate of drug-likeness (QED) is 0.929. The van der Waals surface area contributed by atoms with E-state index in [-0.39, 0.29) is 23.6 Å². The Bertz CT molecular complexity index is 496. The van der Waals surface area contributed by atoms with Crippen LogP contribution in [-0.2, 0) is 16.0 Å². The van der Waals surface area contributed by atoms with Gasteiger partial charge in [-0.25, -0.2) is 0 Å². The van der Waals surface area contributed by atoms with Crippen LogP contribution in [0.3, 0.4) is 0 Å². The third-order valence-electron chi connectivity index (χ3n) is 4.33. The van der Waals surface area contributed by atoms with Gasteiger partial charge in [0.05, 0.1) is 12.6 Å². The molecule has 4 nitrogen and oxygen atoms in total. The Labute approximate surface area is 133 Å². The molecule has 122 valence electrons. The van der Waals surface area contributed by atoms with Crippen molar-refractivity contribution in [1.82, 2.24) is 10.2 Å². The highest BCUT2D eigenvalue weighted by Crippen LogP contribution is 2.30. The van der Waals surface area contributed by atoms with E-state index < -0.39 is 0 Å². The second kappa shape index (κ2) is 6.80. The second-order valence-electron chi connectivity index (χ2n) is 7.28. The predicted octanol–water partition coefficient (Wildman–Crippen LogP) is 2.44. The van der Waals surface area contributed by atoms with Gasteiger partial charge in [-0.2, -0.15) is 0 Å². The van der Waals surface area contributed by atoms with Gasteiger partial charge >= 0.3 is 0 Å². The maximum absolute atomic E-state index is 11.6. The highest BCUT2D eigenvalue weighted by atomic mass is 16.5. The molecular formula is C18H28N2O2. The van der Waals surface area contributed by atoms with Crippen molar-refractivity contribution in [3.8, 4) is 0 Å². The molecule has 1 aromatic rings. The molecule has 1 amide bonds. The highest BCUT2D eigenvalue weighted by molar-refractivity contribution is 5.73. The van der Waals surface area contributed by atoms with Crippen molar-refractivity contribution < 1.29 is 9.53 Å². The number of hydrogen-bond acceptors (Lipinski definition) is 3. The molecule has 0 spiro atoms. The van der Waals surface area contributed by atoms with Crippen LogP contribution < -0.4 is 5.32 Å². The topological polar surface area (TPSA) is 41.6 Å². The molecule has 0 saturated carbocycles. The van der Waals surface area contributed by atoms with Crippen LogP contribution in [0.5, 0.6) is 0 Å². The number of amides is 1. The minimum atomic E-state index is -0.0855. The lowest BCUT2D eigenvalue weighted by Gasteiger charge is -2.38. The first-order valence-corrected chi connectivity index (χ1v) is 7.93. The summed E-state index contributed by atoms with van der Waals surface area (Å²) < 4.78 is 6.05. The molecule has 1 aromatic carbocycles. The number of carbonyl (C=O) groups excluding carboxylic acids is 1. The van der Waals surface area contributed by atoms with Crippen LogP contribution in [0.2, 0.25) is 0 Å². The van der Waals surface area contributed by atoms with Gasteiger partial charge in [-0.3, -0.25) is 9.69 Å². The van der Waals surface area contributed by atoms with Gasteiger partial charge in [0.15, 0.2) is 0 Å². The fraction of sp³-hybridized carbons (Fsp3) is 0.611. The predicted molar refractivity (Wildman–Crippen MR) is 88.5 cm³/mol. The summed E-state index contributed by atoms with van der Waals surface area (Å²) >= 11 is 0. The van der Waals surface area contributed by atoms with Crippen molar-refractivity contribution in [3.05, 3.63) is 35.9 Å². The van der Waals surface area contributed by atoms with Gasteiger partial charge in [-0.05, 0) is 24.4 Å². The summed E-state index contributed by atoms with van der Waals surface area (Å²) in [5.41, 5.74) is 1.25. The number of nitrogens with one attached hydrogen (secondary N) is 1. The molecule has 1 aliphatic heterocycles. The first-order valence-electron chi connectivity index (χ1n) is 7.93. The number of nitrogens with zero attached hydrogens (tertiary/aromatic N) is 1. The van der Waals surface area contributed by atoms with E-state index in [2.05, 4.69) is 62.3 Å². The first-order chi connectivity index (χ1) is 10.3. The minimum absolute atomic E-state index is 0.0107. The van der Waals surface area contributed by atoms with Crippen LogP contribution in [-0.4, -0.2) is 42.8 Å². The Morgan fingerprint density at radius 2 is 2.00 bits per heavy atom. The van der Waals surface area contributed by atoms with Crippen molar-refractivity contribution in [2.75, 3.05) is 13.7 Å². The Hall–Kier alpha value is -1.39. The maximum Gasteiger partial charge on any atom is 0.217 e. The molecule has 0 aromatic heterocycles. The molecule has 4 heteroatoms. The van der Waals surface area contributed by atoms with E-state index in [1.807, 2.05) is 6.07 Å². The fourth-order valence-corrected chi connectivity index (χ4v) is 3.01. The fourth-order valence-electron chi connectivity index (χ4n) is 3.01. The van der Waals surface area contributed by atoms with Crippen LogP contribution in [0.4, 0.5) is 0 Å². The molecular weight excluding hydrogens is 276 g/mol. The molecule has 22 heavy (non-hydrogen) atoms. The molecule has 1 heterocycles. The van der Waals surface area contributed by atoms with Crippen LogP contribution >= 0.6 is 0 Å². The smallest absolute Gasteiger partial charge is 0.217 e. The molecule has 0 radical (unpaired) electrons. The molecule has 1 fully saturated rings. The average molecular weight is 304 g/mol. The molecule has 1 saturated heterocycles. The van der Waals surface area contributed by atoms with Crippen LogP contribution in [0, 0.1) is 5.41 Å². The zero-order chi connectivity index (χ0) is 16.3. The van der Waals surface area contributed by atoms with Crippen molar-refractivity contribution in [1.29, 1.82) is 0 Å². The van der Waals surface area contributed by atoms with Gasteiger partial charge in [0.2, 0.25) is 5.91 Å². The molecule has 2 unspecified atom stereocenters. The Kier molecular flexibility index (Phi) is 5.24. The normalized spacial score (nSPS) is 24.2. The summed E-state index contributed by atoms with van der Waals surface area (Å²) in [4.78, 5) is 13.8. The van der Waals surface area contributed by atoms with E-state index in [1.54, 1.807) is 6.92 Å². The zero-order valence-electron chi connectivity index (χ0n) is 14.3. The summed E-state index contributed by atoms with van der Waals surface area (Å²) in [7, 11) is 2.09. The van der Waals surface area contributed by atoms with Crippen molar-refractivity contribution in [2.45, 2.75) is 52.4 Å². The van der Waals surface area contributed by atoms with E-state index in [0.29, 0.717) is 12.6 Å². The Morgan fingerprint density at radius 1 is 1.36 bits per heavy atom. The monoisotopic (exact) mass is 304 g/mol. The van der Waals surface area contributed by atoms with E-state index in [4.69, 9.17) is 4.74 Å². The molecule has 2 rings (SSSR count). The van der Waals surface area contributed by atoms with Crippen molar-refractivity contribution in [2.24, 2.45) is 5.41 Å². The summed E-state index contributed by atoms with van der Waals surface area (Å²) in [6.45, 7) is 8.66. The number of rotatable bonds is 4. The van der Waals surface area contributed by atoms with E-state index >= 15 is 0 Å². The summed E-state index contributed by atoms with van der Waals surface area (Å²) in [5.74, 6) is -0.0107. The number of likely N-dealkylation sites (N-methyl/N-ethyl adjacent to an activating group) is 1. The van der Waals surface area contributed by atoms with Crippen molar-refractivity contribution >= 4 is 5.91 Å². The van der Waals surface area contributed by atoms with Crippen LogP contribution in [0.1, 0.15) is 33.3 Å². The number of hydrogen-bond donors (Lipinski definition) is 1. The van der Waals surface area contributed by atoms with Gasteiger partial charge in [0, 0.05) is 13.0 Å². The summed E-state index contributed by atoms with van der Waals surface area (Å²) in [5, 5.41) is 3.07. The number of benzene rings is 1. The van der Waals surface area contributed by atoms with Gasteiger partial charge in [0.1, 0.15) is 6.23 Å². The molecule has 0 aliphatic carbocycles. The molecule has 1 N–H and O–H groups in total. The molecule has 0 bridgehead atoms. The van der Waals surface area contributed by atoms with Gasteiger partial charge in [-0.15, -0.1) is 0 Å². The lowest BCUT2D eigenvalue weighted by atomic mass is 9.85.